The Kier molecular flexibility index (Phi) is 6.40. The van der Waals surface area contributed by atoms with Crippen LogP contribution in [0.4, 0.5) is 0 Å². The molecule has 0 fully saturated rings. The standard InChI is InChI=1S/C29H27N3O2/c1-29(2,3)24-12-8-19(9-13-24)26-7-5-6-20-16-21(10-15-27(20)26)25-14-11-22(28(33)34-4)17-23(25)18-31-32-30/h5-17H,18H2,1-4H3. The SMILES string of the molecule is COC(=O)c1ccc(-c2ccc3c(-c4ccc(C(C)(C)C)cc4)cccc3c2)c(CN=[N+]=[N-])c1. The lowest BCUT2D eigenvalue weighted by Crippen LogP contribution is -2.10. The Morgan fingerprint density at radius 3 is 2.32 bits per heavy atom. The second-order valence-corrected chi connectivity index (χ2v) is 9.32. The van der Waals surface area contributed by atoms with Gasteiger partial charge in [0.05, 0.1) is 19.2 Å². The predicted octanol–water partition coefficient (Wildman–Crippen LogP) is 8.07. The minimum Gasteiger partial charge on any atom is -0.465 e. The first-order valence-electron chi connectivity index (χ1n) is 11.2. The Balaban J connectivity index is 1.78. The second kappa shape index (κ2) is 9.42. The molecular formula is C29H27N3O2. The zero-order valence-electron chi connectivity index (χ0n) is 19.9. The highest BCUT2D eigenvalue weighted by Crippen LogP contribution is 2.34. The van der Waals surface area contributed by atoms with Gasteiger partial charge in [-0.1, -0.05) is 86.5 Å². The van der Waals surface area contributed by atoms with Crippen LogP contribution in [0, 0.1) is 0 Å². The van der Waals surface area contributed by atoms with Crippen LogP contribution in [0.15, 0.2) is 84.0 Å². The Morgan fingerprint density at radius 2 is 1.65 bits per heavy atom. The third-order valence-corrected chi connectivity index (χ3v) is 6.08. The van der Waals surface area contributed by atoms with Crippen molar-refractivity contribution >= 4 is 16.7 Å². The smallest absolute Gasteiger partial charge is 0.337 e. The van der Waals surface area contributed by atoms with Gasteiger partial charge in [0.15, 0.2) is 0 Å². The maximum atomic E-state index is 12.0. The first-order chi connectivity index (χ1) is 16.3. The van der Waals surface area contributed by atoms with E-state index in [1.165, 1.54) is 23.8 Å². The van der Waals surface area contributed by atoms with Gasteiger partial charge in [-0.2, -0.15) is 0 Å². The fourth-order valence-corrected chi connectivity index (χ4v) is 4.21. The number of carbonyl (C=O) groups is 1. The van der Waals surface area contributed by atoms with Crippen molar-refractivity contribution in [3.8, 4) is 22.3 Å². The van der Waals surface area contributed by atoms with Gasteiger partial charge < -0.3 is 4.74 Å². The predicted molar refractivity (Wildman–Crippen MR) is 138 cm³/mol. The molecule has 34 heavy (non-hydrogen) atoms. The van der Waals surface area contributed by atoms with E-state index in [1.807, 2.05) is 6.07 Å². The van der Waals surface area contributed by atoms with Crippen LogP contribution in [-0.4, -0.2) is 13.1 Å². The van der Waals surface area contributed by atoms with Crippen LogP contribution < -0.4 is 0 Å². The average Bonchev–Trinajstić information content (AvgIpc) is 2.85. The zero-order chi connectivity index (χ0) is 24.3. The van der Waals surface area contributed by atoms with Crippen LogP contribution in [0.25, 0.3) is 43.5 Å². The van der Waals surface area contributed by atoms with Gasteiger partial charge in [0.2, 0.25) is 0 Å². The van der Waals surface area contributed by atoms with E-state index in [0.717, 1.165) is 27.5 Å². The number of methoxy groups -OCH3 is 1. The van der Waals surface area contributed by atoms with E-state index in [0.29, 0.717) is 5.56 Å². The highest BCUT2D eigenvalue weighted by atomic mass is 16.5. The molecule has 0 bridgehead atoms. The Bertz CT molecular complexity index is 1410. The van der Waals surface area contributed by atoms with Crippen molar-refractivity contribution in [1.82, 2.24) is 0 Å². The van der Waals surface area contributed by atoms with Crippen molar-refractivity contribution in [1.29, 1.82) is 0 Å². The third kappa shape index (κ3) is 4.66. The molecule has 4 aromatic carbocycles. The molecular weight excluding hydrogens is 422 g/mol. The van der Waals surface area contributed by atoms with Crippen LogP contribution in [0.3, 0.4) is 0 Å². The lowest BCUT2D eigenvalue weighted by Gasteiger charge is -2.19. The molecule has 170 valence electrons. The summed E-state index contributed by atoms with van der Waals surface area (Å²) in [5.41, 5.74) is 15.7. The molecule has 0 spiro atoms. The summed E-state index contributed by atoms with van der Waals surface area (Å²) in [6, 6.07) is 26.8. The van der Waals surface area contributed by atoms with Gasteiger partial charge in [0, 0.05) is 4.91 Å². The molecule has 0 saturated carbocycles. The number of hydrogen-bond donors (Lipinski definition) is 0. The van der Waals surface area contributed by atoms with E-state index < -0.39 is 5.97 Å². The monoisotopic (exact) mass is 449 g/mol. The minimum absolute atomic E-state index is 0.114. The number of nitrogens with zero attached hydrogens (tertiary/aromatic N) is 3. The average molecular weight is 450 g/mol. The Labute approximate surface area is 199 Å². The molecule has 0 aliphatic rings. The first-order valence-corrected chi connectivity index (χ1v) is 11.2. The number of esters is 1. The van der Waals surface area contributed by atoms with E-state index in [2.05, 4.69) is 91.5 Å². The molecule has 0 saturated heterocycles. The van der Waals surface area contributed by atoms with E-state index in [9.17, 15) is 4.79 Å². The molecule has 0 aliphatic heterocycles. The summed E-state index contributed by atoms with van der Waals surface area (Å²) in [7, 11) is 1.35. The number of carbonyl (C=O) groups excluding carboxylic acids is 1. The van der Waals surface area contributed by atoms with Crippen molar-refractivity contribution in [2.45, 2.75) is 32.7 Å². The van der Waals surface area contributed by atoms with Crippen LogP contribution in [0.5, 0.6) is 0 Å². The van der Waals surface area contributed by atoms with Crippen molar-refractivity contribution < 1.29 is 9.53 Å². The lowest BCUT2D eigenvalue weighted by atomic mass is 9.86. The zero-order valence-corrected chi connectivity index (χ0v) is 19.9. The summed E-state index contributed by atoms with van der Waals surface area (Å²) in [6.07, 6.45) is 0. The molecule has 0 atom stereocenters. The van der Waals surface area contributed by atoms with E-state index >= 15 is 0 Å². The molecule has 0 unspecified atom stereocenters. The highest BCUT2D eigenvalue weighted by Gasteiger charge is 2.15. The molecule has 0 heterocycles. The van der Waals surface area contributed by atoms with E-state index in [1.54, 1.807) is 12.1 Å². The van der Waals surface area contributed by atoms with Gasteiger partial charge in [-0.3, -0.25) is 0 Å². The number of azide groups is 1. The van der Waals surface area contributed by atoms with Crippen molar-refractivity contribution in [3.63, 3.8) is 0 Å². The molecule has 5 heteroatoms. The first kappa shape index (κ1) is 23.1. The molecule has 4 rings (SSSR count). The van der Waals surface area contributed by atoms with Gasteiger partial charge in [-0.15, -0.1) is 0 Å². The molecule has 0 radical (unpaired) electrons. The van der Waals surface area contributed by atoms with E-state index in [-0.39, 0.29) is 12.0 Å². The van der Waals surface area contributed by atoms with Crippen molar-refractivity contribution in [3.05, 3.63) is 106 Å². The van der Waals surface area contributed by atoms with Crippen LogP contribution in [0.2, 0.25) is 0 Å². The second-order valence-electron chi connectivity index (χ2n) is 9.32. The summed E-state index contributed by atoms with van der Waals surface area (Å²) < 4.78 is 4.84. The summed E-state index contributed by atoms with van der Waals surface area (Å²) in [5, 5.41) is 6.00. The van der Waals surface area contributed by atoms with Crippen LogP contribution in [0.1, 0.15) is 42.3 Å². The number of benzene rings is 4. The fraction of sp³-hybridized carbons (Fsp3) is 0.207. The third-order valence-electron chi connectivity index (χ3n) is 6.08. The maximum Gasteiger partial charge on any atom is 0.337 e. The fourth-order valence-electron chi connectivity index (χ4n) is 4.21. The van der Waals surface area contributed by atoms with Crippen LogP contribution >= 0.6 is 0 Å². The minimum atomic E-state index is -0.422. The molecule has 4 aromatic rings. The van der Waals surface area contributed by atoms with Gasteiger partial charge in [-0.25, -0.2) is 4.79 Å². The van der Waals surface area contributed by atoms with Crippen molar-refractivity contribution in [2.24, 2.45) is 5.11 Å². The van der Waals surface area contributed by atoms with Gasteiger partial charge in [0.1, 0.15) is 0 Å². The summed E-state index contributed by atoms with van der Waals surface area (Å²) in [5.74, 6) is -0.422. The van der Waals surface area contributed by atoms with Gasteiger partial charge in [-0.05, 0) is 73.3 Å². The number of hydrogen-bond acceptors (Lipinski definition) is 3. The molecule has 5 nitrogen and oxygen atoms in total. The number of rotatable bonds is 5. The topological polar surface area (TPSA) is 75.1 Å². The summed E-state index contributed by atoms with van der Waals surface area (Å²) in [4.78, 5) is 14.9. The molecule has 0 aromatic heterocycles. The van der Waals surface area contributed by atoms with Crippen molar-refractivity contribution in [2.75, 3.05) is 7.11 Å². The summed E-state index contributed by atoms with van der Waals surface area (Å²) >= 11 is 0. The summed E-state index contributed by atoms with van der Waals surface area (Å²) in [6.45, 7) is 6.80. The van der Waals surface area contributed by atoms with E-state index in [4.69, 9.17) is 10.3 Å². The lowest BCUT2D eigenvalue weighted by molar-refractivity contribution is 0.0600. The van der Waals surface area contributed by atoms with Gasteiger partial charge in [0.25, 0.3) is 0 Å². The molecule has 0 N–H and O–H groups in total. The largest absolute Gasteiger partial charge is 0.465 e. The Hall–Kier alpha value is -4.08. The van der Waals surface area contributed by atoms with Gasteiger partial charge >= 0.3 is 5.97 Å². The molecule has 0 amide bonds. The normalized spacial score (nSPS) is 11.2. The quantitative estimate of drug-likeness (QED) is 0.134. The number of fused-ring (bicyclic) bond motifs is 1. The van der Waals surface area contributed by atoms with Crippen LogP contribution in [-0.2, 0) is 16.7 Å². The highest BCUT2D eigenvalue weighted by molar-refractivity contribution is 5.99. The maximum absolute atomic E-state index is 12.0. The number of ether oxygens (including phenoxy) is 1. The Morgan fingerprint density at radius 1 is 0.912 bits per heavy atom. The molecule has 0 aliphatic carbocycles.